The number of pyridine rings is 1. The van der Waals surface area contributed by atoms with Crippen LogP contribution in [0.15, 0.2) is 11.0 Å². The van der Waals surface area contributed by atoms with E-state index >= 15 is 0 Å². The van der Waals surface area contributed by atoms with Crippen molar-refractivity contribution in [1.82, 2.24) is 20.2 Å². The molecule has 2 aromatic rings. The van der Waals surface area contributed by atoms with Crippen molar-refractivity contribution < 1.29 is 9.59 Å². The Hall–Kier alpha value is -2.48. The fraction of sp³-hybridized carbons (Fsp3) is 0.444. The smallest absolute Gasteiger partial charge is 0.283 e. The van der Waals surface area contributed by atoms with E-state index in [-0.39, 0.29) is 11.5 Å². The first-order chi connectivity index (χ1) is 12.6. The summed E-state index contributed by atoms with van der Waals surface area (Å²) in [5.41, 5.74) is 2.38. The molecule has 8 heteroatoms. The van der Waals surface area contributed by atoms with Gasteiger partial charge in [0.1, 0.15) is 5.56 Å². The molecule has 7 nitrogen and oxygen atoms in total. The van der Waals surface area contributed by atoms with Gasteiger partial charge in [-0.1, -0.05) is 0 Å². The van der Waals surface area contributed by atoms with Crippen LogP contribution in [0.3, 0.4) is 0 Å². The van der Waals surface area contributed by atoms with Crippen molar-refractivity contribution in [2.75, 3.05) is 13.6 Å². The molecule has 0 atom stereocenters. The van der Waals surface area contributed by atoms with Crippen molar-refractivity contribution in [1.29, 1.82) is 0 Å². The second-order valence-electron chi connectivity index (χ2n) is 6.65. The molecule has 0 saturated heterocycles. The third kappa shape index (κ3) is 2.84. The van der Waals surface area contributed by atoms with E-state index in [0.717, 1.165) is 42.5 Å². The lowest BCUT2D eigenvalue weighted by Crippen LogP contribution is -2.39. The summed E-state index contributed by atoms with van der Waals surface area (Å²) in [6.45, 7) is 0.850. The van der Waals surface area contributed by atoms with Gasteiger partial charge in [-0.2, -0.15) is 0 Å². The van der Waals surface area contributed by atoms with Crippen LogP contribution >= 0.6 is 11.3 Å². The maximum absolute atomic E-state index is 12.9. The van der Waals surface area contributed by atoms with Crippen LogP contribution < -0.4 is 10.9 Å². The number of nitrogens with one attached hydrogen (secondary N) is 2. The molecule has 1 aliphatic carbocycles. The Kier molecular flexibility index (Phi) is 4.36. The third-order valence-corrected chi connectivity index (χ3v) is 6.20. The van der Waals surface area contributed by atoms with E-state index in [1.165, 1.54) is 23.3 Å². The van der Waals surface area contributed by atoms with Gasteiger partial charge in [0.05, 0.1) is 5.69 Å². The Morgan fingerprint density at radius 1 is 1.27 bits per heavy atom. The van der Waals surface area contributed by atoms with Crippen LogP contribution in [0.4, 0.5) is 0 Å². The Bertz CT molecular complexity index is 923. The molecule has 1 aliphatic heterocycles. The lowest BCUT2D eigenvalue weighted by molar-refractivity contribution is 0.0733. The molecule has 2 N–H and O–H groups in total. The van der Waals surface area contributed by atoms with Crippen LogP contribution in [0.1, 0.15) is 54.7 Å². The van der Waals surface area contributed by atoms with E-state index in [1.54, 1.807) is 11.1 Å². The number of amides is 2. The predicted octanol–water partition coefficient (Wildman–Crippen LogP) is 1.27. The zero-order valence-corrected chi connectivity index (χ0v) is 15.4. The van der Waals surface area contributed by atoms with Gasteiger partial charge in [-0.3, -0.25) is 14.4 Å². The number of aryl methyl sites for hydroxylation is 2. The number of aromatic amines is 1. The Labute approximate surface area is 154 Å². The number of aromatic nitrogens is 2. The zero-order valence-electron chi connectivity index (χ0n) is 14.6. The topological polar surface area (TPSA) is 95.2 Å². The van der Waals surface area contributed by atoms with Crippen LogP contribution in [0.2, 0.25) is 0 Å². The highest BCUT2D eigenvalue weighted by Gasteiger charge is 2.29. The minimum atomic E-state index is -0.393. The van der Waals surface area contributed by atoms with Gasteiger partial charge in [0.25, 0.3) is 17.4 Å². The standard InChI is InChI=1S/C18H20N4O3S/c1-19-15(23)14-11-6-7-22(9-10(11)8-20-16(14)24)18(25)17-21-12-4-2-3-5-13(12)26-17/h8H,2-7,9H2,1H3,(H,19,23)(H,20,24). The lowest BCUT2D eigenvalue weighted by Gasteiger charge is -2.28. The van der Waals surface area contributed by atoms with Crippen molar-refractivity contribution in [2.24, 2.45) is 0 Å². The summed E-state index contributed by atoms with van der Waals surface area (Å²) in [4.78, 5) is 47.1. The first-order valence-electron chi connectivity index (χ1n) is 8.82. The number of rotatable bonds is 2. The average Bonchev–Trinajstić information content (AvgIpc) is 3.10. The quantitative estimate of drug-likeness (QED) is 0.830. The Balaban J connectivity index is 1.61. The van der Waals surface area contributed by atoms with Crippen LogP contribution in [0.5, 0.6) is 0 Å². The van der Waals surface area contributed by atoms with Crippen LogP contribution in [-0.2, 0) is 25.8 Å². The number of fused-ring (bicyclic) bond motifs is 2. The van der Waals surface area contributed by atoms with Crippen molar-refractivity contribution in [3.05, 3.63) is 48.8 Å². The van der Waals surface area contributed by atoms with Gasteiger partial charge in [0.2, 0.25) is 0 Å². The zero-order chi connectivity index (χ0) is 18.3. The Morgan fingerprint density at radius 2 is 2.08 bits per heavy atom. The van der Waals surface area contributed by atoms with Crippen LogP contribution in [-0.4, -0.2) is 40.3 Å². The van der Waals surface area contributed by atoms with Gasteiger partial charge in [-0.05, 0) is 43.2 Å². The highest BCUT2D eigenvalue weighted by molar-refractivity contribution is 7.13. The number of thiazole rings is 1. The van der Waals surface area contributed by atoms with Gasteiger partial charge in [-0.25, -0.2) is 4.98 Å². The molecule has 2 amide bonds. The minimum absolute atomic E-state index is 0.0669. The number of hydrogen-bond acceptors (Lipinski definition) is 5. The van der Waals surface area contributed by atoms with E-state index < -0.39 is 11.5 Å². The fourth-order valence-electron chi connectivity index (χ4n) is 3.68. The molecule has 3 heterocycles. The first kappa shape index (κ1) is 17.0. The summed E-state index contributed by atoms with van der Waals surface area (Å²) < 4.78 is 0. The highest BCUT2D eigenvalue weighted by Crippen LogP contribution is 2.28. The molecule has 0 spiro atoms. The predicted molar refractivity (Wildman–Crippen MR) is 97.7 cm³/mol. The number of nitrogens with zero attached hydrogens (tertiary/aromatic N) is 2. The summed E-state index contributed by atoms with van der Waals surface area (Å²) in [7, 11) is 1.50. The summed E-state index contributed by atoms with van der Waals surface area (Å²) in [6, 6.07) is 0. The van der Waals surface area contributed by atoms with Gasteiger partial charge >= 0.3 is 0 Å². The van der Waals surface area contributed by atoms with E-state index in [0.29, 0.717) is 24.5 Å². The summed E-state index contributed by atoms with van der Waals surface area (Å²) >= 11 is 1.51. The van der Waals surface area contributed by atoms with Crippen molar-refractivity contribution in [3.63, 3.8) is 0 Å². The molecule has 0 bridgehead atoms. The Morgan fingerprint density at radius 3 is 2.85 bits per heavy atom. The average molecular weight is 372 g/mol. The number of hydrogen-bond donors (Lipinski definition) is 2. The van der Waals surface area contributed by atoms with Crippen LogP contribution in [0.25, 0.3) is 0 Å². The summed E-state index contributed by atoms with van der Waals surface area (Å²) in [6.07, 6.45) is 6.36. The monoisotopic (exact) mass is 372 g/mol. The molecule has 0 unspecified atom stereocenters. The second kappa shape index (κ2) is 6.68. The van der Waals surface area contributed by atoms with E-state index in [1.807, 2.05) is 0 Å². The molecular formula is C18H20N4O3S. The maximum atomic E-state index is 12.9. The molecule has 0 aromatic carbocycles. The largest absolute Gasteiger partial charge is 0.355 e. The van der Waals surface area contributed by atoms with Gasteiger partial charge < -0.3 is 15.2 Å². The SMILES string of the molecule is CNC(=O)c1c2c(c[nH]c1=O)CN(C(=O)c1nc3c(s1)CCCC3)CC2. The summed E-state index contributed by atoms with van der Waals surface area (Å²) in [5.74, 6) is -0.460. The minimum Gasteiger partial charge on any atom is -0.355 e. The van der Waals surface area contributed by atoms with Gasteiger partial charge in [0.15, 0.2) is 5.01 Å². The molecule has 136 valence electrons. The lowest BCUT2D eigenvalue weighted by atomic mass is 9.96. The summed E-state index contributed by atoms with van der Waals surface area (Å²) in [5, 5.41) is 3.06. The normalized spacial score (nSPS) is 16.0. The van der Waals surface area contributed by atoms with Gasteiger partial charge in [0, 0.05) is 31.2 Å². The number of carbonyl (C=O) groups excluding carboxylic acids is 2. The number of carbonyl (C=O) groups is 2. The van der Waals surface area contributed by atoms with E-state index in [4.69, 9.17) is 0 Å². The third-order valence-electron chi connectivity index (χ3n) is 5.06. The maximum Gasteiger partial charge on any atom is 0.283 e. The molecular weight excluding hydrogens is 352 g/mol. The molecule has 0 fully saturated rings. The second-order valence-corrected chi connectivity index (χ2v) is 7.73. The van der Waals surface area contributed by atoms with Crippen molar-refractivity contribution >= 4 is 23.2 Å². The molecule has 0 saturated carbocycles. The molecule has 26 heavy (non-hydrogen) atoms. The van der Waals surface area contributed by atoms with Crippen molar-refractivity contribution in [2.45, 2.75) is 38.6 Å². The number of H-pyrrole nitrogens is 1. The molecule has 2 aliphatic rings. The highest BCUT2D eigenvalue weighted by atomic mass is 32.1. The van der Waals surface area contributed by atoms with Crippen molar-refractivity contribution in [3.8, 4) is 0 Å². The molecule has 4 rings (SSSR count). The molecule has 0 radical (unpaired) electrons. The first-order valence-corrected chi connectivity index (χ1v) is 9.63. The van der Waals surface area contributed by atoms with E-state index in [2.05, 4.69) is 15.3 Å². The van der Waals surface area contributed by atoms with Gasteiger partial charge in [-0.15, -0.1) is 11.3 Å². The van der Waals surface area contributed by atoms with E-state index in [9.17, 15) is 14.4 Å². The molecule has 2 aromatic heterocycles. The van der Waals surface area contributed by atoms with Crippen LogP contribution in [0, 0.1) is 0 Å². The fourth-order valence-corrected chi connectivity index (χ4v) is 4.80.